The van der Waals surface area contributed by atoms with Gasteiger partial charge in [0.05, 0.1) is 13.4 Å². The largest absolute Gasteiger partial charge is 0.466 e. The van der Waals surface area contributed by atoms with Gasteiger partial charge < -0.3 is 9.30 Å². The van der Waals surface area contributed by atoms with Gasteiger partial charge in [-0.2, -0.15) is 0 Å². The number of ether oxygens (including phenoxy) is 1. The molecular formula is C10H14N2O2. The van der Waals surface area contributed by atoms with Gasteiger partial charge in [-0.15, -0.1) is 0 Å². The van der Waals surface area contributed by atoms with Gasteiger partial charge in [-0.3, -0.25) is 0 Å². The number of hydrogen-bond acceptors (Lipinski definition) is 3. The van der Waals surface area contributed by atoms with Gasteiger partial charge in [0, 0.05) is 24.5 Å². The number of rotatable bonds is 4. The first-order valence-electron chi connectivity index (χ1n) is 4.51. The molecule has 4 nitrogen and oxygen atoms in total. The van der Waals surface area contributed by atoms with E-state index in [1.165, 1.54) is 7.11 Å². The van der Waals surface area contributed by atoms with Gasteiger partial charge in [0.15, 0.2) is 0 Å². The summed E-state index contributed by atoms with van der Waals surface area (Å²) in [5.41, 5.74) is 0.696. The maximum Gasteiger partial charge on any atom is 0.333 e. The highest BCUT2D eigenvalue weighted by Gasteiger charge is 2.05. The minimum Gasteiger partial charge on any atom is -0.466 e. The van der Waals surface area contributed by atoms with Crippen LogP contribution in [0.2, 0.25) is 0 Å². The van der Waals surface area contributed by atoms with E-state index < -0.39 is 0 Å². The lowest BCUT2D eigenvalue weighted by Gasteiger charge is -2.02. The van der Waals surface area contributed by atoms with E-state index in [2.05, 4.69) is 9.72 Å². The Morgan fingerprint density at radius 2 is 2.43 bits per heavy atom. The lowest BCUT2D eigenvalue weighted by Crippen LogP contribution is -2.05. The molecule has 0 bridgehead atoms. The van der Waals surface area contributed by atoms with Crippen molar-refractivity contribution in [3.8, 4) is 0 Å². The highest BCUT2D eigenvalue weighted by atomic mass is 16.5. The number of carbonyl (C=O) groups is 1. The molecule has 4 heteroatoms. The van der Waals surface area contributed by atoms with Crippen LogP contribution >= 0.6 is 0 Å². The topological polar surface area (TPSA) is 44.1 Å². The number of imidazole rings is 1. The van der Waals surface area contributed by atoms with Crippen molar-refractivity contribution in [2.75, 3.05) is 7.11 Å². The second-order valence-corrected chi connectivity index (χ2v) is 2.83. The maximum atomic E-state index is 11.2. The first-order chi connectivity index (χ1) is 6.77. The number of methoxy groups -OCH3 is 1. The summed E-state index contributed by atoms with van der Waals surface area (Å²) in [6.45, 7) is 2.58. The second kappa shape index (κ2) is 5.21. The van der Waals surface area contributed by atoms with Crippen molar-refractivity contribution in [2.45, 2.75) is 19.9 Å². The smallest absolute Gasteiger partial charge is 0.333 e. The molecule has 0 aromatic carbocycles. The predicted molar refractivity (Wildman–Crippen MR) is 52.6 cm³/mol. The molecule has 0 fully saturated rings. The number of carbonyl (C=O) groups excluding carboxylic acids is 1. The molecule has 0 saturated heterocycles. The summed E-state index contributed by atoms with van der Waals surface area (Å²) in [6, 6.07) is 0. The fourth-order valence-corrected chi connectivity index (χ4v) is 1.11. The van der Waals surface area contributed by atoms with Crippen molar-refractivity contribution in [2.24, 2.45) is 0 Å². The van der Waals surface area contributed by atoms with E-state index in [9.17, 15) is 4.79 Å². The molecule has 1 aromatic rings. The maximum absolute atomic E-state index is 11.2. The Balaban J connectivity index is 2.61. The lowest BCUT2D eigenvalue weighted by atomic mass is 10.2. The van der Waals surface area contributed by atoms with Crippen molar-refractivity contribution in [1.29, 1.82) is 0 Å². The van der Waals surface area contributed by atoms with Crippen molar-refractivity contribution in [3.63, 3.8) is 0 Å². The normalized spacial score (nSPS) is 11.4. The van der Waals surface area contributed by atoms with Crippen LogP contribution in [0.15, 0.2) is 30.4 Å². The monoisotopic (exact) mass is 194 g/mol. The quantitative estimate of drug-likeness (QED) is 0.537. The number of allylic oxidation sites excluding steroid dienone is 1. The van der Waals surface area contributed by atoms with Crippen LogP contribution in [0.1, 0.15) is 13.3 Å². The van der Waals surface area contributed by atoms with Crippen LogP contribution in [0.25, 0.3) is 0 Å². The third-order valence-electron chi connectivity index (χ3n) is 1.94. The zero-order valence-corrected chi connectivity index (χ0v) is 8.43. The van der Waals surface area contributed by atoms with E-state index in [1.54, 1.807) is 12.5 Å². The van der Waals surface area contributed by atoms with Crippen molar-refractivity contribution in [3.05, 3.63) is 30.4 Å². The zero-order valence-electron chi connectivity index (χ0n) is 8.43. The van der Waals surface area contributed by atoms with Crippen LogP contribution < -0.4 is 0 Å². The molecule has 0 aliphatic rings. The van der Waals surface area contributed by atoms with Crippen LogP contribution in [0, 0.1) is 0 Å². The minimum absolute atomic E-state index is 0.257. The molecule has 0 radical (unpaired) electrons. The van der Waals surface area contributed by atoms with E-state index in [4.69, 9.17) is 0 Å². The Morgan fingerprint density at radius 3 is 2.93 bits per heavy atom. The highest BCUT2D eigenvalue weighted by Crippen LogP contribution is 2.03. The molecule has 0 saturated carbocycles. The molecule has 14 heavy (non-hydrogen) atoms. The summed E-state index contributed by atoms with van der Waals surface area (Å²) in [7, 11) is 1.39. The summed E-state index contributed by atoms with van der Waals surface area (Å²) in [5.74, 6) is -0.257. The summed E-state index contributed by atoms with van der Waals surface area (Å²) in [6.07, 6.45) is 7.80. The van der Waals surface area contributed by atoms with Crippen LogP contribution in [0.3, 0.4) is 0 Å². The Labute approximate surface area is 83.2 Å². The predicted octanol–water partition coefficient (Wildman–Crippen LogP) is 1.39. The van der Waals surface area contributed by atoms with Crippen LogP contribution in [-0.4, -0.2) is 22.6 Å². The average Bonchev–Trinajstić information content (AvgIpc) is 2.71. The molecule has 1 rings (SSSR count). The highest BCUT2D eigenvalue weighted by molar-refractivity contribution is 5.88. The zero-order chi connectivity index (χ0) is 10.4. The first kappa shape index (κ1) is 10.5. The first-order valence-corrected chi connectivity index (χ1v) is 4.51. The van der Waals surface area contributed by atoms with Gasteiger partial charge >= 0.3 is 5.97 Å². The molecule has 1 heterocycles. The molecule has 76 valence electrons. The summed E-state index contributed by atoms with van der Waals surface area (Å²) < 4.78 is 6.53. The molecule has 0 unspecified atom stereocenters. The van der Waals surface area contributed by atoms with E-state index in [0.29, 0.717) is 18.5 Å². The molecule has 0 atom stereocenters. The van der Waals surface area contributed by atoms with E-state index in [0.717, 1.165) is 0 Å². The van der Waals surface area contributed by atoms with Crippen LogP contribution in [-0.2, 0) is 16.1 Å². The fraction of sp³-hybridized carbons (Fsp3) is 0.400. The van der Waals surface area contributed by atoms with Crippen molar-refractivity contribution >= 4 is 5.97 Å². The van der Waals surface area contributed by atoms with Gasteiger partial charge in [-0.05, 0) is 6.42 Å². The standard InChI is InChI=1S/C10H14N2O2/c1-3-9(10(13)14-2)4-6-12-7-5-11-8-12/h4-5,7-8H,3,6H2,1-2H3. The molecule has 0 aliphatic heterocycles. The van der Waals surface area contributed by atoms with Gasteiger partial charge in [0.25, 0.3) is 0 Å². The molecule has 0 amide bonds. The van der Waals surface area contributed by atoms with E-state index in [1.807, 2.05) is 23.8 Å². The Kier molecular flexibility index (Phi) is 3.91. The van der Waals surface area contributed by atoms with Crippen molar-refractivity contribution in [1.82, 2.24) is 9.55 Å². The number of aromatic nitrogens is 2. The summed E-state index contributed by atoms with van der Waals surface area (Å²) >= 11 is 0. The summed E-state index contributed by atoms with van der Waals surface area (Å²) in [5, 5.41) is 0. The van der Waals surface area contributed by atoms with Gasteiger partial charge in [0.1, 0.15) is 0 Å². The molecular weight excluding hydrogens is 180 g/mol. The van der Waals surface area contributed by atoms with Crippen LogP contribution in [0.4, 0.5) is 0 Å². The second-order valence-electron chi connectivity index (χ2n) is 2.83. The number of esters is 1. The average molecular weight is 194 g/mol. The summed E-state index contributed by atoms with van der Waals surface area (Å²) in [4.78, 5) is 15.1. The van der Waals surface area contributed by atoms with Gasteiger partial charge in [0.2, 0.25) is 0 Å². The Hall–Kier alpha value is -1.58. The third-order valence-corrected chi connectivity index (χ3v) is 1.94. The third kappa shape index (κ3) is 2.73. The molecule has 0 spiro atoms. The van der Waals surface area contributed by atoms with E-state index in [-0.39, 0.29) is 5.97 Å². The molecule has 1 aromatic heterocycles. The Morgan fingerprint density at radius 1 is 1.64 bits per heavy atom. The van der Waals surface area contributed by atoms with Crippen LogP contribution in [0.5, 0.6) is 0 Å². The minimum atomic E-state index is -0.257. The Bertz CT molecular complexity index is 315. The number of nitrogens with zero attached hydrogens (tertiary/aromatic N) is 2. The van der Waals surface area contributed by atoms with Gasteiger partial charge in [-0.1, -0.05) is 13.0 Å². The number of hydrogen-bond donors (Lipinski definition) is 0. The SMILES string of the molecule is CCC(=CCn1ccnc1)C(=O)OC. The lowest BCUT2D eigenvalue weighted by molar-refractivity contribution is -0.136. The fourth-order valence-electron chi connectivity index (χ4n) is 1.11. The van der Waals surface area contributed by atoms with Gasteiger partial charge in [-0.25, -0.2) is 9.78 Å². The molecule has 0 N–H and O–H groups in total. The van der Waals surface area contributed by atoms with E-state index >= 15 is 0 Å². The van der Waals surface area contributed by atoms with Crippen molar-refractivity contribution < 1.29 is 9.53 Å². The molecule has 0 aliphatic carbocycles.